The van der Waals surface area contributed by atoms with Crippen LogP contribution < -0.4 is 10.6 Å². The molecule has 1 atom stereocenters. The van der Waals surface area contributed by atoms with E-state index >= 15 is 0 Å². The van der Waals surface area contributed by atoms with Crippen LogP contribution in [0.25, 0.3) is 0 Å². The van der Waals surface area contributed by atoms with Crippen LogP contribution >= 0.6 is 11.3 Å². The minimum atomic E-state index is -0.182. The molecule has 1 aromatic heterocycles. The molecule has 6 nitrogen and oxygen atoms in total. The first kappa shape index (κ1) is 17.9. The Labute approximate surface area is 141 Å². The molecule has 1 aromatic rings. The molecule has 0 saturated carbocycles. The Balaban J connectivity index is 1.62. The number of thiazole rings is 1. The summed E-state index contributed by atoms with van der Waals surface area (Å²) in [4.78, 5) is 29.6. The standard InChI is InChI=1S/C16H26N4O2S/c1-12-7-3-5-9-20(12)10-6-4-8-17-15(22)14-11-23-16(19-14)18-13(2)21/h11-12H,3-10H2,1-2H3,(H,17,22)(H,18,19,21). The van der Waals surface area contributed by atoms with Crippen molar-refractivity contribution in [1.29, 1.82) is 0 Å². The smallest absolute Gasteiger partial charge is 0.270 e. The van der Waals surface area contributed by atoms with E-state index < -0.39 is 0 Å². The van der Waals surface area contributed by atoms with Gasteiger partial charge in [-0.25, -0.2) is 4.98 Å². The lowest BCUT2D eigenvalue weighted by Gasteiger charge is -2.33. The van der Waals surface area contributed by atoms with Crippen molar-refractivity contribution in [3.8, 4) is 0 Å². The summed E-state index contributed by atoms with van der Waals surface area (Å²) in [6.45, 7) is 6.70. The van der Waals surface area contributed by atoms with Gasteiger partial charge >= 0.3 is 0 Å². The van der Waals surface area contributed by atoms with Gasteiger partial charge in [0.15, 0.2) is 5.13 Å². The fourth-order valence-corrected chi connectivity index (χ4v) is 3.54. The third-order valence-electron chi connectivity index (χ3n) is 4.12. The number of amides is 2. The minimum Gasteiger partial charge on any atom is -0.351 e. The van der Waals surface area contributed by atoms with Crippen molar-refractivity contribution in [3.63, 3.8) is 0 Å². The maximum absolute atomic E-state index is 12.0. The molecule has 2 amide bonds. The number of piperidine rings is 1. The summed E-state index contributed by atoms with van der Waals surface area (Å²) in [6, 6.07) is 0.695. The van der Waals surface area contributed by atoms with E-state index in [2.05, 4.69) is 27.4 Å². The number of nitrogens with one attached hydrogen (secondary N) is 2. The van der Waals surface area contributed by atoms with Crippen molar-refractivity contribution in [3.05, 3.63) is 11.1 Å². The first-order valence-electron chi connectivity index (χ1n) is 8.31. The molecule has 2 N–H and O–H groups in total. The molecule has 2 rings (SSSR count). The summed E-state index contributed by atoms with van der Waals surface area (Å²) in [5, 5.41) is 7.59. The fourth-order valence-electron chi connectivity index (χ4n) is 2.81. The minimum absolute atomic E-state index is 0.177. The Morgan fingerprint density at radius 1 is 1.39 bits per heavy atom. The highest BCUT2D eigenvalue weighted by Gasteiger charge is 2.17. The second kappa shape index (κ2) is 8.98. The van der Waals surface area contributed by atoms with Crippen LogP contribution in [0, 0.1) is 0 Å². The van der Waals surface area contributed by atoms with Gasteiger partial charge in [0.25, 0.3) is 5.91 Å². The van der Waals surface area contributed by atoms with E-state index in [0.29, 0.717) is 23.4 Å². The van der Waals surface area contributed by atoms with Gasteiger partial charge in [0.05, 0.1) is 0 Å². The van der Waals surface area contributed by atoms with E-state index in [0.717, 1.165) is 19.4 Å². The number of unbranched alkanes of at least 4 members (excludes halogenated alkanes) is 1. The van der Waals surface area contributed by atoms with Crippen molar-refractivity contribution < 1.29 is 9.59 Å². The van der Waals surface area contributed by atoms with Crippen LogP contribution in [-0.4, -0.2) is 47.4 Å². The number of likely N-dealkylation sites (tertiary alicyclic amines) is 1. The molecule has 1 unspecified atom stereocenters. The van der Waals surface area contributed by atoms with Gasteiger partial charge in [-0.2, -0.15) is 0 Å². The van der Waals surface area contributed by atoms with Crippen LogP contribution in [0.15, 0.2) is 5.38 Å². The molecular weight excluding hydrogens is 312 g/mol. The van der Waals surface area contributed by atoms with Gasteiger partial charge in [-0.1, -0.05) is 6.42 Å². The molecule has 7 heteroatoms. The molecule has 1 aliphatic rings. The summed E-state index contributed by atoms with van der Waals surface area (Å²) in [7, 11) is 0. The highest BCUT2D eigenvalue weighted by atomic mass is 32.1. The molecule has 0 aliphatic carbocycles. The monoisotopic (exact) mass is 338 g/mol. The van der Waals surface area contributed by atoms with Gasteiger partial charge in [0.2, 0.25) is 5.91 Å². The Morgan fingerprint density at radius 2 is 2.22 bits per heavy atom. The molecule has 1 saturated heterocycles. The van der Waals surface area contributed by atoms with Crippen LogP contribution in [0.5, 0.6) is 0 Å². The molecule has 2 heterocycles. The number of carbonyl (C=O) groups excluding carboxylic acids is 2. The Hall–Kier alpha value is -1.47. The SMILES string of the molecule is CC(=O)Nc1nc(C(=O)NCCCCN2CCCCC2C)cs1. The topological polar surface area (TPSA) is 74.3 Å². The molecule has 23 heavy (non-hydrogen) atoms. The average Bonchev–Trinajstić information content (AvgIpc) is 2.96. The quantitative estimate of drug-likeness (QED) is 0.749. The molecule has 0 bridgehead atoms. The maximum atomic E-state index is 12.0. The molecule has 0 aromatic carbocycles. The van der Waals surface area contributed by atoms with E-state index in [-0.39, 0.29) is 11.8 Å². The molecule has 1 aliphatic heterocycles. The summed E-state index contributed by atoms with van der Waals surface area (Å²) in [6.07, 6.45) is 6.02. The third kappa shape index (κ3) is 5.91. The number of rotatable bonds is 7. The van der Waals surface area contributed by atoms with E-state index in [1.165, 1.54) is 44.1 Å². The Morgan fingerprint density at radius 3 is 2.96 bits per heavy atom. The molecule has 1 fully saturated rings. The number of aromatic nitrogens is 1. The summed E-state index contributed by atoms with van der Waals surface area (Å²) >= 11 is 1.26. The Bertz CT molecular complexity index is 532. The number of hydrogen-bond donors (Lipinski definition) is 2. The van der Waals surface area contributed by atoms with E-state index in [9.17, 15) is 9.59 Å². The van der Waals surface area contributed by atoms with E-state index in [4.69, 9.17) is 0 Å². The number of carbonyl (C=O) groups is 2. The molecular formula is C16H26N4O2S. The van der Waals surface area contributed by atoms with Crippen LogP contribution in [0.1, 0.15) is 56.4 Å². The van der Waals surface area contributed by atoms with Crippen molar-refractivity contribution in [2.75, 3.05) is 25.0 Å². The van der Waals surface area contributed by atoms with Gasteiger partial charge in [-0.3, -0.25) is 9.59 Å². The van der Waals surface area contributed by atoms with Gasteiger partial charge in [-0.15, -0.1) is 11.3 Å². The van der Waals surface area contributed by atoms with Gasteiger partial charge in [0, 0.05) is 24.9 Å². The van der Waals surface area contributed by atoms with E-state index in [1.807, 2.05) is 0 Å². The van der Waals surface area contributed by atoms with Crippen molar-refractivity contribution in [2.24, 2.45) is 0 Å². The maximum Gasteiger partial charge on any atom is 0.270 e. The summed E-state index contributed by atoms with van der Waals surface area (Å²) in [5.41, 5.74) is 0.364. The highest BCUT2D eigenvalue weighted by molar-refractivity contribution is 7.14. The predicted octanol–water partition coefficient (Wildman–Crippen LogP) is 2.49. The molecule has 0 spiro atoms. The van der Waals surface area contributed by atoms with Crippen molar-refractivity contribution in [1.82, 2.24) is 15.2 Å². The van der Waals surface area contributed by atoms with E-state index in [1.54, 1.807) is 5.38 Å². The third-order valence-corrected chi connectivity index (χ3v) is 4.88. The normalized spacial score (nSPS) is 18.6. The largest absolute Gasteiger partial charge is 0.351 e. The van der Waals surface area contributed by atoms with Crippen molar-refractivity contribution >= 4 is 28.3 Å². The van der Waals surface area contributed by atoms with Crippen LogP contribution in [-0.2, 0) is 4.79 Å². The zero-order valence-electron chi connectivity index (χ0n) is 13.9. The average molecular weight is 338 g/mol. The van der Waals surface area contributed by atoms with Crippen LogP contribution in [0.4, 0.5) is 5.13 Å². The molecule has 0 radical (unpaired) electrons. The first-order valence-corrected chi connectivity index (χ1v) is 9.19. The predicted molar refractivity (Wildman–Crippen MR) is 92.9 cm³/mol. The highest BCUT2D eigenvalue weighted by Crippen LogP contribution is 2.17. The fraction of sp³-hybridized carbons (Fsp3) is 0.688. The van der Waals surface area contributed by atoms with Crippen molar-refractivity contribution in [2.45, 2.75) is 52.0 Å². The number of hydrogen-bond acceptors (Lipinski definition) is 5. The number of nitrogens with zero attached hydrogens (tertiary/aromatic N) is 2. The lowest BCUT2D eigenvalue weighted by molar-refractivity contribution is -0.114. The van der Waals surface area contributed by atoms with Crippen LogP contribution in [0.3, 0.4) is 0 Å². The first-order chi connectivity index (χ1) is 11.1. The van der Waals surface area contributed by atoms with Crippen LogP contribution in [0.2, 0.25) is 0 Å². The summed E-state index contributed by atoms with van der Waals surface area (Å²) in [5.74, 6) is -0.359. The lowest BCUT2D eigenvalue weighted by atomic mass is 10.0. The van der Waals surface area contributed by atoms with Gasteiger partial charge in [-0.05, 0) is 45.7 Å². The molecule has 128 valence electrons. The lowest BCUT2D eigenvalue weighted by Crippen LogP contribution is -2.38. The number of anilines is 1. The Kier molecular flexibility index (Phi) is 6.98. The zero-order chi connectivity index (χ0) is 16.7. The zero-order valence-corrected chi connectivity index (χ0v) is 14.7. The second-order valence-electron chi connectivity index (χ2n) is 6.06. The second-order valence-corrected chi connectivity index (χ2v) is 6.92. The van der Waals surface area contributed by atoms with Gasteiger partial charge in [0.1, 0.15) is 5.69 Å². The summed E-state index contributed by atoms with van der Waals surface area (Å²) < 4.78 is 0. The van der Waals surface area contributed by atoms with Gasteiger partial charge < -0.3 is 15.5 Å².